The van der Waals surface area contributed by atoms with Crippen molar-refractivity contribution >= 4 is 9.90 Å². The first kappa shape index (κ1) is 49.6. The van der Waals surface area contributed by atoms with Crippen LogP contribution in [0.3, 0.4) is 0 Å². The van der Waals surface area contributed by atoms with Crippen molar-refractivity contribution in [2.75, 3.05) is 26.2 Å². The zero-order valence-electron chi connectivity index (χ0n) is 16.1. The Kier molecular flexibility index (Phi) is 70.9. The van der Waals surface area contributed by atoms with Crippen molar-refractivity contribution in [2.45, 2.75) is 79.1 Å². The molecular formula is C16H44F6NP. The molecule has 0 saturated carbocycles. The van der Waals surface area contributed by atoms with Crippen LogP contribution < -0.4 is 4.70 Å². The van der Waals surface area contributed by atoms with Gasteiger partial charge in [0.1, 0.15) is 0 Å². The number of quaternary nitrogens is 1. The molecule has 1 nitrogen and oxygen atoms in total. The monoisotopic (exact) mass is 395 g/mol. The standard InChI is InChI=1S/C16H36N.6FH.H3P/c1-5-9-13-17(14-10-6-2,15-11-7-3)16-12-8-4;;;;;;;/h5-16H2,1-4H3;6*1H;1H3/q+1;;;;;;;/p-1. The Labute approximate surface area is 148 Å². The molecule has 0 rings (SSSR count). The Bertz CT molecular complexity index is 141. The van der Waals surface area contributed by atoms with Gasteiger partial charge in [0.2, 0.25) is 0 Å². The second-order valence-electron chi connectivity index (χ2n) is 5.65. The van der Waals surface area contributed by atoms with Crippen molar-refractivity contribution in [2.24, 2.45) is 0 Å². The van der Waals surface area contributed by atoms with Crippen LogP contribution >= 0.6 is 9.90 Å². The fraction of sp³-hybridized carbons (Fsp3) is 1.00. The topological polar surface area (TPSA) is 0 Å². The van der Waals surface area contributed by atoms with Crippen LogP contribution in [0.25, 0.3) is 0 Å². The summed E-state index contributed by atoms with van der Waals surface area (Å²) in [6.45, 7) is 15.0. The highest BCUT2D eigenvalue weighted by molar-refractivity contribution is 6.92. The Hall–Kier alpha value is -0.0300. The molecule has 0 amide bonds. The quantitative estimate of drug-likeness (QED) is 0.271. The summed E-state index contributed by atoms with van der Waals surface area (Å²) < 4.78 is 1.42. The minimum absolute atomic E-state index is 0. The van der Waals surface area contributed by atoms with Gasteiger partial charge in [0.25, 0.3) is 0 Å². The molecule has 1 atom stereocenters. The van der Waals surface area contributed by atoms with E-state index in [2.05, 4.69) is 27.7 Å². The molecule has 0 aliphatic rings. The van der Waals surface area contributed by atoms with Gasteiger partial charge in [0.05, 0.1) is 26.2 Å². The van der Waals surface area contributed by atoms with Gasteiger partial charge in [0.15, 0.2) is 0 Å². The van der Waals surface area contributed by atoms with Crippen LogP contribution in [0, 0.1) is 0 Å². The maximum absolute atomic E-state index is 2.33. The summed E-state index contributed by atoms with van der Waals surface area (Å²) in [6.07, 6.45) is 11.1. The Morgan fingerprint density at radius 1 is 0.458 bits per heavy atom. The van der Waals surface area contributed by atoms with Crippen LogP contribution in [-0.2, 0) is 0 Å². The highest BCUT2D eigenvalue weighted by Crippen LogP contribution is 2.16. The summed E-state index contributed by atoms with van der Waals surface area (Å²) >= 11 is 0. The van der Waals surface area contributed by atoms with Gasteiger partial charge < -0.3 is 9.19 Å². The second-order valence-corrected chi connectivity index (χ2v) is 5.65. The minimum Gasteiger partial charge on any atom is -1.00 e. The molecule has 0 aliphatic heterocycles. The summed E-state index contributed by atoms with van der Waals surface area (Å²) in [4.78, 5) is 0. The van der Waals surface area contributed by atoms with E-state index >= 15 is 0 Å². The van der Waals surface area contributed by atoms with E-state index < -0.39 is 0 Å². The summed E-state index contributed by atoms with van der Waals surface area (Å²) in [5.74, 6) is 0. The number of hydrogen-bond donors (Lipinski definition) is 0. The first-order chi connectivity index (χ1) is 8.24. The maximum Gasteiger partial charge on any atom is 0.0786 e. The van der Waals surface area contributed by atoms with Gasteiger partial charge >= 0.3 is 0 Å². The molecule has 0 aromatic carbocycles. The SMILES string of the molecule is CCCC[N+](CCCC)(CCCC)CCCC.F.F.F.F.F.P.[F-]. The van der Waals surface area contributed by atoms with Crippen LogP contribution in [0.2, 0.25) is 0 Å². The van der Waals surface area contributed by atoms with E-state index in [-0.39, 0.29) is 38.1 Å². The zero-order chi connectivity index (χ0) is 13.0. The predicted molar refractivity (Wildman–Crippen MR) is 103 cm³/mol. The van der Waals surface area contributed by atoms with Crippen molar-refractivity contribution in [3.05, 3.63) is 0 Å². The molecule has 0 fully saturated rings. The molecule has 0 N–H and O–H groups in total. The lowest BCUT2D eigenvalue weighted by Crippen LogP contribution is -3.00. The molecule has 24 heavy (non-hydrogen) atoms. The van der Waals surface area contributed by atoms with Gasteiger partial charge in [-0.1, -0.05) is 53.4 Å². The van der Waals surface area contributed by atoms with E-state index in [1.165, 1.54) is 82.0 Å². The largest absolute Gasteiger partial charge is 1.00 e. The van der Waals surface area contributed by atoms with Crippen molar-refractivity contribution in [3.63, 3.8) is 0 Å². The summed E-state index contributed by atoms with van der Waals surface area (Å²) in [5.41, 5.74) is 0. The van der Waals surface area contributed by atoms with E-state index in [4.69, 9.17) is 0 Å². The molecule has 0 aliphatic carbocycles. The summed E-state index contributed by atoms with van der Waals surface area (Å²) in [6, 6.07) is 0. The Balaban J connectivity index is -0.0000000610. The molecule has 0 aromatic rings. The van der Waals surface area contributed by atoms with E-state index in [9.17, 15) is 0 Å². The molecule has 0 spiro atoms. The average molecular weight is 395 g/mol. The van der Waals surface area contributed by atoms with Crippen LogP contribution in [0.5, 0.6) is 0 Å². The van der Waals surface area contributed by atoms with Crippen LogP contribution in [0.15, 0.2) is 0 Å². The first-order valence-electron chi connectivity index (χ1n) is 8.09. The third-order valence-corrected chi connectivity index (χ3v) is 3.94. The summed E-state index contributed by atoms with van der Waals surface area (Å²) in [7, 11) is 0. The van der Waals surface area contributed by atoms with Gasteiger partial charge in [-0.25, -0.2) is 0 Å². The maximum atomic E-state index is 2.33. The normalized spacial score (nSPS) is 8.50. The number of hydrogen-bond acceptors (Lipinski definition) is 0. The van der Waals surface area contributed by atoms with Crippen LogP contribution in [0.4, 0.5) is 23.5 Å². The van der Waals surface area contributed by atoms with Crippen molar-refractivity contribution in [3.8, 4) is 0 Å². The lowest BCUT2D eigenvalue weighted by atomic mass is 10.1. The van der Waals surface area contributed by atoms with E-state index in [1.807, 2.05) is 0 Å². The van der Waals surface area contributed by atoms with Crippen molar-refractivity contribution in [1.29, 1.82) is 0 Å². The molecule has 0 heterocycles. The first-order valence-corrected chi connectivity index (χ1v) is 8.09. The average Bonchev–Trinajstić information content (AvgIpc) is 2.37. The van der Waals surface area contributed by atoms with E-state index in [1.54, 1.807) is 0 Å². The molecule has 0 aromatic heterocycles. The minimum atomic E-state index is 0. The van der Waals surface area contributed by atoms with Gasteiger partial charge in [-0.05, 0) is 25.7 Å². The van der Waals surface area contributed by atoms with Crippen LogP contribution in [0.1, 0.15) is 79.1 Å². The molecule has 0 saturated heterocycles. The Morgan fingerprint density at radius 2 is 0.625 bits per heavy atom. The summed E-state index contributed by atoms with van der Waals surface area (Å²) in [5, 5.41) is 0. The fourth-order valence-corrected chi connectivity index (χ4v) is 2.64. The lowest BCUT2D eigenvalue weighted by molar-refractivity contribution is -0.929. The third-order valence-electron chi connectivity index (χ3n) is 3.94. The molecular weight excluding hydrogens is 351 g/mol. The third kappa shape index (κ3) is 24.2. The van der Waals surface area contributed by atoms with Crippen molar-refractivity contribution in [1.82, 2.24) is 0 Å². The highest BCUT2D eigenvalue weighted by Gasteiger charge is 2.24. The Morgan fingerprint density at radius 3 is 0.750 bits per heavy atom. The predicted octanol–water partition coefficient (Wildman–Crippen LogP) is 2.83. The fourth-order valence-electron chi connectivity index (χ4n) is 2.64. The number of unbranched alkanes of at least 4 members (excludes halogenated alkanes) is 4. The van der Waals surface area contributed by atoms with Gasteiger partial charge in [-0.2, -0.15) is 9.90 Å². The molecule has 0 radical (unpaired) electrons. The number of halogens is 6. The molecule has 1 unspecified atom stereocenters. The van der Waals surface area contributed by atoms with Gasteiger partial charge in [-0.15, -0.1) is 0 Å². The molecule has 8 heteroatoms. The van der Waals surface area contributed by atoms with E-state index in [0.717, 1.165) is 0 Å². The highest BCUT2D eigenvalue weighted by atomic mass is 31.0. The van der Waals surface area contributed by atoms with Crippen LogP contribution in [-0.4, -0.2) is 30.7 Å². The van der Waals surface area contributed by atoms with E-state index in [0.29, 0.717) is 0 Å². The second kappa shape index (κ2) is 34.3. The smallest absolute Gasteiger partial charge is 0.0786 e. The van der Waals surface area contributed by atoms with Crippen molar-refractivity contribution < 1.29 is 32.7 Å². The number of rotatable bonds is 12. The van der Waals surface area contributed by atoms with Gasteiger partial charge in [-0.3, -0.25) is 23.5 Å². The molecule has 160 valence electrons. The zero-order valence-corrected chi connectivity index (χ0v) is 17.5. The van der Waals surface area contributed by atoms with Gasteiger partial charge in [0, 0.05) is 0 Å². The molecule has 0 bridgehead atoms. The lowest BCUT2D eigenvalue weighted by Gasteiger charge is -2.39. The number of nitrogens with zero attached hydrogens (tertiary/aromatic N) is 1.